The number of likely N-dealkylation sites (tertiary alicyclic amines) is 1. The van der Waals surface area contributed by atoms with Crippen LogP contribution in [0.3, 0.4) is 0 Å². The summed E-state index contributed by atoms with van der Waals surface area (Å²) < 4.78 is 5.34. The summed E-state index contributed by atoms with van der Waals surface area (Å²) in [5.41, 5.74) is 2.88. The molecule has 2 amide bonds. The highest BCUT2D eigenvalue weighted by molar-refractivity contribution is 5.91. The first-order valence-electron chi connectivity index (χ1n) is 6.42. The molecule has 0 bridgehead atoms. The van der Waals surface area contributed by atoms with Gasteiger partial charge in [0, 0.05) is 24.6 Å². The maximum absolute atomic E-state index is 12.0. The van der Waals surface area contributed by atoms with E-state index >= 15 is 0 Å². The highest BCUT2D eigenvalue weighted by Gasteiger charge is 2.26. The topological polar surface area (TPSA) is 88.6 Å². The molecule has 0 radical (unpaired) electrons. The number of aryl methyl sites for hydroxylation is 1. The first-order chi connectivity index (χ1) is 9.02. The Hall–Kier alpha value is -1.82. The second-order valence-corrected chi connectivity index (χ2v) is 4.97. The largest absolute Gasteiger partial charge is 0.456 e. The summed E-state index contributed by atoms with van der Waals surface area (Å²) in [7, 11) is 0. The summed E-state index contributed by atoms with van der Waals surface area (Å²) >= 11 is 0. The summed E-state index contributed by atoms with van der Waals surface area (Å²) in [4.78, 5) is 25.2. The molecule has 0 aliphatic carbocycles. The molecule has 0 aromatic carbocycles. The van der Waals surface area contributed by atoms with Crippen LogP contribution in [-0.2, 0) is 11.3 Å². The van der Waals surface area contributed by atoms with E-state index in [4.69, 9.17) is 10.3 Å². The molecule has 19 heavy (non-hydrogen) atoms. The van der Waals surface area contributed by atoms with Crippen molar-refractivity contribution in [3.63, 3.8) is 0 Å². The van der Waals surface area contributed by atoms with Crippen LogP contribution in [0.4, 0.5) is 0 Å². The first-order valence-corrected chi connectivity index (χ1v) is 6.42. The molecule has 1 aromatic rings. The van der Waals surface area contributed by atoms with Crippen LogP contribution >= 0.6 is 0 Å². The van der Waals surface area contributed by atoms with Gasteiger partial charge in [-0.3, -0.25) is 15.0 Å². The van der Waals surface area contributed by atoms with Crippen molar-refractivity contribution < 1.29 is 14.0 Å². The summed E-state index contributed by atoms with van der Waals surface area (Å²) in [6.07, 6.45) is 1.96. The third kappa shape index (κ3) is 2.78. The van der Waals surface area contributed by atoms with E-state index in [0.717, 1.165) is 24.9 Å². The average molecular weight is 265 g/mol. The lowest BCUT2D eigenvalue weighted by Crippen LogP contribution is -2.39. The van der Waals surface area contributed by atoms with E-state index < -0.39 is 5.91 Å². The molecule has 2 heterocycles. The first kappa shape index (κ1) is 13.6. The smallest absolute Gasteiger partial charge is 0.300 e. The number of nitrogen functional groups attached to an aromatic ring is 1. The molecular weight excluding hydrogens is 246 g/mol. The summed E-state index contributed by atoms with van der Waals surface area (Å²) in [6, 6.07) is 1.64. The molecule has 2 rings (SSSR count). The van der Waals surface area contributed by atoms with Crippen molar-refractivity contribution in [2.75, 3.05) is 6.54 Å². The van der Waals surface area contributed by atoms with Gasteiger partial charge in [-0.05, 0) is 25.8 Å². The van der Waals surface area contributed by atoms with E-state index in [2.05, 4.69) is 0 Å². The number of rotatable bonds is 3. The van der Waals surface area contributed by atoms with Crippen molar-refractivity contribution in [2.24, 2.45) is 11.8 Å². The van der Waals surface area contributed by atoms with Gasteiger partial charge in [-0.1, -0.05) is 6.92 Å². The highest BCUT2D eigenvalue weighted by Crippen LogP contribution is 2.22. The Balaban J connectivity index is 2.12. The second-order valence-electron chi connectivity index (χ2n) is 4.97. The normalized spacial score (nSPS) is 19.6. The van der Waals surface area contributed by atoms with Crippen LogP contribution in [0.1, 0.15) is 41.6 Å². The van der Waals surface area contributed by atoms with Crippen molar-refractivity contribution in [1.29, 1.82) is 0 Å². The van der Waals surface area contributed by atoms with Crippen LogP contribution in [0.2, 0.25) is 0 Å². The molecule has 1 atom stereocenters. The number of amides is 2. The zero-order chi connectivity index (χ0) is 14.0. The van der Waals surface area contributed by atoms with E-state index in [1.165, 1.54) is 0 Å². The van der Waals surface area contributed by atoms with Crippen molar-refractivity contribution in [1.82, 2.24) is 10.3 Å². The number of carbonyl (C=O) groups excluding carboxylic acids is 2. The summed E-state index contributed by atoms with van der Waals surface area (Å²) in [6.45, 7) is 4.97. The number of hydrogen-bond donors (Lipinski definition) is 2. The Morgan fingerprint density at radius 2 is 2.37 bits per heavy atom. The van der Waals surface area contributed by atoms with Gasteiger partial charge in [-0.25, -0.2) is 5.84 Å². The van der Waals surface area contributed by atoms with Gasteiger partial charge >= 0.3 is 5.91 Å². The number of hydrazine groups is 1. The van der Waals surface area contributed by atoms with Crippen LogP contribution in [0.15, 0.2) is 10.5 Å². The number of carbonyl (C=O) groups is 2. The molecule has 1 aliphatic heterocycles. The average Bonchev–Trinajstić information content (AvgIpc) is 2.75. The fraction of sp³-hybridized carbons (Fsp3) is 0.538. The minimum absolute atomic E-state index is 0.0766. The number of hydrogen-bond acceptors (Lipinski definition) is 4. The van der Waals surface area contributed by atoms with Gasteiger partial charge in [0.05, 0.1) is 0 Å². The summed E-state index contributed by atoms with van der Waals surface area (Å²) in [5.74, 6) is 5.66. The number of furan rings is 1. The Labute approximate surface area is 111 Å². The van der Waals surface area contributed by atoms with Gasteiger partial charge in [0.1, 0.15) is 5.76 Å². The van der Waals surface area contributed by atoms with E-state index in [9.17, 15) is 9.59 Å². The molecule has 1 saturated heterocycles. The molecule has 0 spiro atoms. The predicted octanol–water partition coefficient (Wildman–Crippen LogP) is 0.950. The van der Waals surface area contributed by atoms with Gasteiger partial charge in [0.2, 0.25) is 5.91 Å². The van der Waals surface area contributed by atoms with Gasteiger partial charge < -0.3 is 9.32 Å². The van der Waals surface area contributed by atoms with E-state index in [0.29, 0.717) is 12.3 Å². The fourth-order valence-electron chi connectivity index (χ4n) is 2.36. The molecule has 1 fully saturated rings. The van der Waals surface area contributed by atoms with Crippen LogP contribution in [-0.4, -0.2) is 23.3 Å². The maximum atomic E-state index is 12.0. The molecule has 104 valence electrons. The zero-order valence-corrected chi connectivity index (χ0v) is 11.2. The van der Waals surface area contributed by atoms with Crippen molar-refractivity contribution >= 4 is 11.8 Å². The number of nitrogens with one attached hydrogen (secondary N) is 1. The van der Waals surface area contributed by atoms with Crippen molar-refractivity contribution in [3.8, 4) is 0 Å². The Morgan fingerprint density at radius 3 is 3.05 bits per heavy atom. The number of nitrogens with zero attached hydrogens (tertiary/aromatic N) is 1. The van der Waals surface area contributed by atoms with Gasteiger partial charge in [-0.2, -0.15) is 0 Å². The lowest BCUT2D eigenvalue weighted by Gasteiger charge is -2.30. The van der Waals surface area contributed by atoms with Crippen LogP contribution in [0, 0.1) is 12.8 Å². The fourth-order valence-corrected chi connectivity index (χ4v) is 2.36. The van der Waals surface area contributed by atoms with Gasteiger partial charge in [0.15, 0.2) is 5.76 Å². The van der Waals surface area contributed by atoms with Crippen LogP contribution in [0.5, 0.6) is 0 Å². The lowest BCUT2D eigenvalue weighted by molar-refractivity contribution is -0.138. The Morgan fingerprint density at radius 1 is 1.63 bits per heavy atom. The predicted molar refractivity (Wildman–Crippen MR) is 68.9 cm³/mol. The SMILES string of the molecule is Cc1oc(C(=O)NN)cc1CN1CCCC(C)C1=O. The van der Waals surface area contributed by atoms with E-state index in [1.807, 2.05) is 17.2 Å². The van der Waals surface area contributed by atoms with Gasteiger partial charge in [-0.15, -0.1) is 0 Å². The molecule has 0 saturated carbocycles. The zero-order valence-electron chi connectivity index (χ0n) is 11.2. The van der Waals surface area contributed by atoms with Crippen LogP contribution < -0.4 is 11.3 Å². The van der Waals surface area contributed by atoms with Crippen LogP contribution in [0.25, 0.3) is 0 Å². The minimum atomic E-state index is -0.465. The van der Waals surface area contributed by atoms with Crippen molar-refractivity contribution in [2.45, 2.75) is 33.2 Å². The highest BCUT2D eigenvalue weighted by atomic mass is 16.4. The summed E-state index contributed by atoms with van der Waals surface area (Å²) in [5, 5.41) is 0. The molecule has 6 heteroatoms. The molecule has 1 aromatic heterocycles. The maximum Gasteiger partial charge on any atom is 0.300 e. The number of nitrogens with two attached hydrogens (primary N) is 1. The molecule has 6 nitrogen and oxygen atoms in total. The minimum Gasteiger partial charge on any atom is -0.456 e. The van der Waals surface area contributed by atoms with Gasteiger partial charge in [0.25, 0.3) is 0 Å². The molecule has 1 aliphatic rings. The molecular formula is C13H19N3O3. The van der Waals surface area contributed by atoms with E-state index in [-0.39, 0.29) is 17.6 Å². The second kappa shape index (κ2) is 5.44. The number of piperidine rings is 1. The lowest BCUT2D eigenvalue weighted by atomic mass is 9.99. The third-order valence-corrected chi connectivity index (χ3v) is 3.54. The standard InChI is InChI=1S/C13H19N3O3/c1-8-4-3-5-16(13(8)18)7-10-6-11(12(17)15-14)19-9(10)2/h6,8H,3-5,7,14H2,1-2H3,(H,15,17). The van der Waals surface area contributed by atoms with Crippen molar-refractivity contribution in [3.05, 3.63) is 23.2 Å². The molecule has 3 N–H and O–H groups in total. The molecule has 1 unspecified atom stereocenters. The Kier molecular flexibility index (Phi) is 3.90. The third-order valence-electron chi connectivity index (χ3n) is 3.54. The monoisotopic (exact) mass is 265 g/mol. The quantitative estimate of drug-likeness (QED) is 0.484. The Bertz CT molecular complexity index is 495. The van der Waals surface area contributed by atoms with E-state index in [1.54, 1.807) is 13.0 Å².